The van der Waals surface area contributed by atoms with Crippen LogP contribution < -0.4 is 5.32 Å². The van der Waals surface area contributed by atoms with Crippen molar-refractivity contribution in [1.29, 1.82) is 0 Å². The first-order chi connectivity index (χ1) is 15.0. The molecule has 166 valence electrons. The van der Waals surface area contributed by atoms with E-state index < -0.39 is 0 Å². The molecule has 1 saturated heterocycles. The number of carbonyl (C=O) groups excluding carboxylic acids is 2. The molecule has 0 radical (unpaired) electrons. The molecule has 31 heavy (non-hydrogen) atoms. The number of benzene rings is 1. The molecule has 1 N–H and O–H groups in total. The van der Waals surface area contributed by atoms with Crippen LogP contribution in [-0.4, -0.2) is 61.2 Å². The molecule has 0 aromatic heterocycles. The van der Waals surface area contributed by atoms with Crippen molar-refractivity contribution in [3.05, 3.63) is 51.5 Å². The molecule has 0 bridgehead atoms. The van der Waals surface area contributed by atoms with Gasteiger partial charge in [-0.1, -0.05) is 41.4 Å². The number of hydrogen-bond acceptors (Lipinski definition) is 5. The van der Waals surface area contributed by atoms with Crippen LogP contribution in [-0.2, 0) is 16.0 Å². The zero-order chi connectivity index (χ0) is 21.8. The summed E-state index contributed by atoms with van der Waals surface area (Å²) >= 11 is 13.7. The molecule has 1 fully saturated rings. The topological polar surface area (TPSA) is 58.6 Å². The van der Waals surface area contributed by atoms with Crippen LogP contribution in [0, 0.1) is 5.92 Å². The van der Waals surface area contributed by atoms with Gasteiger partial charge in [0.05, 0.1) is 28.5 Å². The van der Waals surface area contributed by atoms with Gasteiger partial charge in [0.1, 0.15) is 0 Å². The number of nitrogens with one attached hydrogen (secondary N) is 1. The Morgan fingerprint density at radius 1 is 1.26 bits per heavy atom. The number of aryl methyl sites for hydroxylation is 1. The highest BCUT2D eigenvalue weighted by molar-refractivity contribution is 8.00. The number of nitrogens with zero attached hydrogens (tertiary/aromatic N) is 1. The second kappa shape index (κ2) is 10.5. The molecule has 0 spiro atoms. The van der Waals surface area contributed by atoms with Gasteiger partial charge in [0, 0.05) is 43.1 Å². The van der Waals surface area contributed by atoms with Crippen molar-refractivity contribution < 1.29 is 14.3 Å². The third-order valence-corrected chi connectivity index (χ3v) is 7.60. The van der Waals surface area contributed by atoms with Crippen molar-refractivity contribution >= 4 is 46.7 Å². The predicted molar refractivity (Wildman–Crippen MR) is 125 cm³/mol. The van der Waals surface area contributed by atoms with Crippen LogP contribution in [0.5, 0.6) is 0 Å². The van der Waals surface area contributed by atoms with Crippen LogP contribution in [0.2, 0.25) is 0 Å². The maximum atomic E-state index is 12.3. The lowest BCUT2D eigenvalue weighted by molar-refractivity contribution is -0.119. The number of fused-ring (bicyclic) bond motifs is 1. The van der Waals surface area contributed by atoms with Crippen LogP contribution in [0.4, 0.5) is 0 Å². The van der Waals surface area contributed by atoms with Crippen LogP contribution >= 0.6 is 35.0 Å². The third kappa shape index (κ3) is 6.14. The molecular formula is C23H26Cl2N2O3S. The number of rotatable bonds is 7. The molecule has 8 heteroatoms. The number of ketones is 1. The summed E-state index contributed by atoms with van der Waals surface area (Å²) in [5, 5.41) is 4.25. The molecule has 1 heterocycles. The van der Waals surface area contributed by atoms with Gasteiger partial charge in [0.15, 0.2) is 5.78 Å². The molecule has 1 aromatic rings. The van der Waals surface area contributed by atoms with Crippen molar-refractivity contribution in [2.75, 3.05) is 38.5 Å². The van der Waals surface area contributed by atoms with E-state index in [1.165, 1.54) is 11.8 Å². The van der Waals surface area contributed by atoms with E-state index in [0.29, 0.717) is 41.3 Å². The van der Waals surface area contributed by atoms with E-state index in [2.05, 4.69) is 10.2 Å². The highest BCUT2D eigenvalue weighted by Crippen LogP contribution is 2.29. The van der Waals surface area contributed by atoms with Crippen molar-refractivity contribution in [3.63, 3.8) is 0 Å². The summed E-state index contributed by atoms with van der Waals surface area (Å²) in [6.07, 6.45) is 6.27. The number of ether oxygens (including phenoxy) is 1. The van der Waals surface area contributed by atoms with Gasteiger partial charge in [0.25, 0.3) is 0 Å². The number of allylic oxidation sites excluding steroid dienone is 3. The smallest absolute Gasteiger partial charge is 0.230 e. The number of amides is 1. The fraction of sp³-hybridized carbons (Fsp3) is 0.478. The van der Waals surface area contributed by atoms with Gasteiger partial charge in [-0.2, -0.15) is 0 Å². The van der Waals surface area contributed by atoms with E-state index in [4.69, 9.17) is 27.9 Å². The van der Waals surface area contributed by atoms with Gasteiger partial charge in [-0.05, 0) is 36.5 Å². The summed E-state index contributed by atoms with van der Waals surface area (Å²) in [4.78, 5) is 27.4. The average molecular weight is 481 g/mol. The zero-order valence-electron chi connectivity index (χ0n) is 17.2. The molecule has 0 saturated carbocycles. The molecular weight excluding hydrogens is 455 g/mol. The lowest BCUT2D eigenvalue weighted by atomic mass is 9.99. The Balaban J connectivity index is 1.18. The lowest BCUT2D eigenvalue weighted by Crippen LogP contribution is -2.48. The normalized spacial score (nSPS) is 23.9. The molecule has 1 amide bonds. The Hall–Kier alpha value is -1.31. The van der Waals surface area contributed by atoms with E-state index >= 15 is 0 Å². The van der Waals surface area contributed by atoms with Crippen LogP contribution in [0.15, 0.2) is 45.3 Å². The largest absolute Gasteiger partial charge is 0.374 e. The van der Waals surface area contributed by atoms with Crippen molar-refractivity contribution in [3.8, 4) is 0 Å². The number of Topliss-reactive ketones (excluding diaryl/α,β-unsaturated/α-hetero) is 1. The zero-order valence-corrected chi connectivity index (χ0v) is 19.6. The van der Waals surface area contributed by atoms with E-state index in [1.807, 2.05) is 30.4 Å². The van der Waals surface area contributed by atoms with Crippen LogP contribution in [0.3, 0.4) is 0 Å². The minimum absolute atomic E-state index is 0.0101. The highest BCUT2D eigenvalue weighted by Gasteiger charge is 2.24. The maximum absolute atomic E-state index is 12.3. The Bertz CT molecular complexity index is 918. The van der Waals surface area contributed by atoms with Crippen molar-refractivity contribution in [2.24, 2.45) is 5.92 Å². The average Bonchev–Trinajstić information content (AvgIpc) is 3.14. The number of carbonyl (C=O) groups is 2. The van der Waals surface area contributed by atoms with Crippen LogP contribution in [0.1, 0.15) is 28.8 Å². The minimum atomic E-state index is -0.0177. The first-order valence-electron chi connectivity index (χ1n) is 10.6. The molecule has 1 unspecified atom stereocenters. The second-order valence-electron chi connectivity index (χ2n) is 8.15. The van der Waals surface area contributed by atoms with E-state index in [1.54, 1.807) is 0 Å². The highest BCUT2D eigenvalue weighted by atomic mass is 35.5. The Morgan fingerprint density at radius 3 is 2.97 bits per heavy atom. The van der Waals surface area contributed by atoms with Crippen LogP contribution in [0.25, 0.3) is 0 Å². The number of hydrogen-bond donors (Lipinski definition) is 1. The second-order valence-corrected chi connectivity index (χ2v) is 10.0. The Kier molecular flexibility index (Phi) is 7.77. The van der Waals surface area contributed by atoms with Gasteiger partial charge in [-0.15, -0.1) is 11.8 Å². The van der Waals surface area contributed by atoms with Gasteiger partial charge in [-0.3, -0.25) is 14.5 Å². The van der Waals surface area contributed by atoms with Gasteiger partial charge in [0.2, 0.25) is 5.91 Å². The standard InChI is InChI=1S/C23H26Cl2N2O3S/c24-20-5-1-15(9-21(20)25)12-27-7-8-30-17(13-27)11-26-23(29)14-31-18-3-4-19-16(10-18)2-6-22(19)28/h3-5,9-10,15,17H,1-2,6-8,11-14H2,(H,26,29)/t15?,17-/m0/s1. The summed E-state index contributed by atoms with van der Waals surface area (Å²) in [5.74, 6) is 0.905. The van der Waals surface area contributed by atoms with E-state index in [-0.39, 0.29) is 17.8 Å². The third-order valence-electron chi connectivity index (χ3n) is 5.82. The fourth-order valence-electron chi connectivity index (χ4n) is 4.18. The molecule has 2 atom stereocenters. The number of thioether (sulfide) groups is 1. The summed E-state index contributed by atoms with van der Waals surface area (Å²) in [6.45, 7) is 3.72. The summed E-state index contributed by atoms with van der Waals surface area (Å²) in [5.41, 5.74) is 1.93. The number of morpholine rings is 1. The quantitative estimate of drug-likeness (QED) is 0.597. The van der Waals surface area contributed by atoms with Crippen molar-refractivity contribution in [1.82, 2.24) is 10.2 Å². The lowest BCUT2D eigenvalue weighted by Gasteiger charge is -2.35. The Morgan fingerprint density at radius 2 is 2.13 bits per heavy atom. The van der Waals surface area contributed by atoms with Crippen molar-refractivity contribution in [2.45, 2.75) is 30.3 Å². The Labute approximate surface area is 197 Å². The van der Waals surface area contributed by atoms with Gasteiger partial charge >= 0.3 is 0 Å². The first-order valence-corrected chi connectivity index (χ1v) is 12.3. The molecule has 2 aliphatic carbocycles. The molecule has 1 aliphatic heterocycles. The molecule has 5 nitrogen and oxygen atoms in total. The number of halogens is 2. The first kappa shape index (κ1) is 22.9. The van der Waals surface area contributed by atoms with Gasteiger partial charge < -0.3 is 10.1 Å². The fourth-order valence-corrected chi connectivity index (χ4v) is 5.38. The predicted octanol–water partition coefficient (Wildman–Crippen LogP) is 3.99. The summed E-state index contributed by atoms with van der Waals surface area (Å²) in [6, 6.07) is 5.85. The summed E-state index contributed by atoms with van der Waals surface area (Å²) in [7, 11) is 0. The molecule has 3 aliphatic rings. The maximum Gasteiger partial charge on any atom is 0.230 e. The molecule has 4 rings (SSSR count). The van der Waals surface area contributed by atoms with Gasteiger partial charge in [-0.25, -0.2) is 0 Å². The summed E-state index contributed by atoms with van der Waals surface area (Å²) < 4.78 is 5.84. The van der Waals surface area contributed by atoms with E-state index in [9.17, 15) is 9.59 Å². The monoisotopic (exact) mass is 480 g/mol. The minimum Gasteiger partial charge on any atom is -0.374 e. The van der Waals surface area contributed by atoms with E-state index in [0.717, 1.165) is 48.5 Å². The SMILES string of the molecule is O=C(CSc1ccc2c(c1)CCC2=O)NC[C@H]1CN(CC2C=C(Cl)C(Cl)=CC2)CCO1. The molecule has 1 aromatic carbocycles.